The topological polar surface area (TPSA) is 17.1 Å². The highest BCUT2D eigenvalue weighted by Crippen LogP contribution is 2.25. The van der Waals surface area contributed by atoms with E-state index in [4.69, 9.17) is 0 Å². The van der Waals surface area contributed by atoms with Gasteiger partial charge < -0.3 is 0 Å². The third-order valence-corrected chi connectivity index (χ3v) is 2.83. The average molecular weight is 264 g/mol. The Kier molecular flexibility index (Phi) is 3.42. The highest BCUT2D eigenvalue weighted by molar-refractivity contribution is 6.07. The zero-order chi connectivity index (χ0) is 14.0. The number of benzene rings is 2. The van der Waals surface area contributed by atoms with Crippen LogP contribution in [0.1, 0.15) is 17.3 Å². The Morgan fingerprint density at radius 1 is 1.05 bits per heavy atom. The van der Waals surface area contributed by atoms with Gasteiger partial charge in [0.2, 0.25) is 0 Å². The first-order valence-electron chi connectivity index (χ1n) is 5.66. The first-order chi connectivity index (χ1) is 8.88. The molecule has 0 aromatic heterocycles. The number of fused-ring (bicyclic) bond motifs is 1. The van der Waals surface area contributed by atoms with Crippen molar-refractivity contribution in [3.63, 3.8) is 0 Å². The summed E-state index contributed by atoms with van der Waals surface area (Å²) in [5, 5.41) is 1.77. The standard InChI is InChI=1S/C15H11F3O/c1-10(15(16,17)18)8-14(19)13-7-6-11-4-2-3-5-12(11)9-13/h2-9H,1H3/b10-8+. The van der Waals surface area contributed by atoms with Crippen molar-refractivity contribution < 1.29 is 18.0 Å². The van der Waals surface area contributed by atoms with Gasteiger partial charge in [-0.3, -0.25) is 4.79 Å². The van der Waals surface area contributed by atoms with Crippen molar-refractivity contribution in [2.24, 2.45) is 0 Å². The predicted octanol–water partition coefficient (Wildman–Crippen LogP) is 4.53. The Bertz CT molecular complexity index is 654. The molecule has 0 aliphatic heterocycles. The van der Waals surface area contributed by atoms with Gasteiger partial charge in [0, 0.05) is 11.1 Å². The van der Waals surface area contributed by atoms with Crippen molar-refractivity contribution in [2.45, 2.75) is 13.1 Å². The normalized spacial score (nSPS) is 12.7. The molecule has 2 aromatic rings. The lowest BCUT2D eigenvalue weighted by molar-refractivity contribution is -0.0913. The summed E-state index contributed by atoms with van der Waals surface area (Å²) in [6, 6.07) is 12.2. The van der Waals surface area contributed by atoms with Crippen LogP contribution in [0.5, 0.6) is 0 Å². The van der Waals surface area contributed by atoms with Gasteiger partial charge in [0.25, 0.3) is 0 Å². The van der Waals surface area contributed by atoms with Gasteiger partial charge >= 0.3 is 6.18 Å². The molecule has 19 heavy (non-hydrogen) atoms. The maximum atomic E-state index is 12.4. The molecule has 0 heterocycles. The summed E-state index contributed by atoms with van der Waals surface area (Å²) in [6.07, 6.45) is -3.84. The first kappa shape index (κ1) is 13.3. The molecular weight excluding hydrogens is 253 g/mol. The van der Waals surface area contributed by atoms with Gasteiger partial charge in [-0.2, -0.15) is 13.2 Å². The van der Waals surface area contributed by atoms with Gasteiger partial charge in [-0.25, -0.2) is 0 Å². The highest BCUT2D eigenvalue weighted by atomic mass is 19.4. The van der Waals surface area contributed by atoms with Crippen LogP contribution < -0.4 is 0 Å². The van der Waals surface area contributed by atoms with E-state index in [1.807, 2.05) is 24.3 Å². The summed E-state index contributed by atoms with van der Waals surface area (Å²) in [4.78, 5) is 11.8. The molecule has 0 atom stereocenters. The second-order valence-electron chi connectivity index (χ2n) is 4.25. The molecule has 0 bridgehead atoms. The van der Waals surface area contributed by atoms with Crippen LogP contribution in [-0.4, -0.2) is 12.0 Å². The molecule has 0 fully saturated rings. The third kappa shape index (κ3) is 3.02. The largest absolute Gasteiger partial charge is 0.412 e. The number of hydrogen-bond donors (Lipinski definition) is 0. The Hall–Kier alpha value is -2.10. The van der Waals surface area contributed by atoms with Gasteiger partial charge in [-0.15, -0.1) is 0 Å². The molecular formula is C15H11F3O. The molecule has 98 valence electrons. The number of hydrogen-bond acceptors (Lipinski definition) is 1. The van der Waals surface area contributed by atoms with Crippen LogP contribution in [0.25, 0.3) is 10.8 Å². The van der Waals surface area contributed by atoms with Crippen molar-refractivity contribution in [1.82, 2.24) is 0 Å². The molecule has 2 aromatic carbocycles. The molecule has 0 radical (unpaired) electrons. The predicted molar refractivity (Wildman–Crippen MR) is 68.1 cm³/mol. The SMILES string of the molecule is C/C(=C\C(=O)c1ccc2ccccc2c1)C(F)(F)F. The van der Waals surface area contributed by atoms with E-state index in [2.05, 4.69) is 0 Å². The van der Waals surface area contributed by atoms with Crippen molar-refractivity contribution in [2.75, 3.05) is 0 Å². The fraction of sp³-hybridized carbons (Fsp3) is 0.133. The van der Waals surface area contributed by atoms with Crippen LogP contribution >= 0.6 is 0 Å². The minimum atomic E-state index is -4.47. The van der Waals surface area contributed by atoms with Crippen molar-refractivity contribution in [3.8, 4) is 0 Å². The van der Waals surface area contributed by atoms with E-state index in [9.17, 15) is 18.0 Å². The van der Waals surface area contributed by atoms with E-state index in [0.717, 1.165) is 17.7 Å². The Labute approximate surface area is 108 Å². The molecule has 0 saturated heterocycles. The number of halogens is 3. The third-order valence-electron chi connectivity index (χ3n) is 2.83. The van der Waals surface area contributed by atoms with Gasteiger partial charge in [0.15, 0.2) is 5.78 Å². The monoisotopic (exact) mass is 264 g/mol. The number of rotatable bonds is 2. The molecule has 1 nitrogen and oxygen atoms in total. The van der Waals surface area contributed by atoms with Gasteiger partial charge in [-0.05, 0) is 29.8 Å². The smallest absolute Gasteiger partial charge is 0.289 e. The number of carbonyl (C=O) groups is 1. The van der Waals surface area contributed by atoms with E-state index < -0.39 is 17.5 Å². The zero-order valence-corrected chi connectivity index (χ0v) is 10.2. The fourth-order valence-electron chi connectivity index (χ4n) is 1.70. The van der Waals surface area contributed by atoms with Crippen LogP contribution in [0.2, 0.25) is 0 Å². The number of carbonyl (C=O) groups excluding carboxylic acids is 1. The van der Waals surface area contributed by atoms with Crippen LogP contribution in [0.4, 0.5) is 13.2 Å². The molecule has 0 saturated carbocycles. The molecule has 0 spiro atoms. The Balaban J connectivity index is 2.37. The Morgan fingerprint density at radius 2 is 1.68 bits per heavy atom. The summed E-state index contributed by atoms with van der Waals surface area (Å²) < 4.78 is 37.1. The quantitative estimate of drug-likeness (QED) is 0.575. The number of ketones is 1. The minimum absolute atomic E-state index is 0.252. The lowest BCUT2D eigenvalue weighted by Gasteiger charge is -2.06. The molecule has 2 rings (SSSR count). The Morgan fingerprint density at radius 3 is 2.32 bits per heavy atom. The van der Waals surface area contributed by atoms with E-state index in [1.54, 1.807) is 12.1 Å². The van der Waals surface area contributed by atoms with Crippen molar-refractivity contribution >= 4 is 16.6 Å². The summed E-state index contributed by atoms with van der Waals surface area (Å²) in [5.41, 5.74) is -0.645. The average Bonchev–Trinajstić information content (AvgIpc) is 2.37. The maximum Gasteiger partial charge on any atom is 0.412 e. The number of allylic oxidation sites excluding steroid dienone is 2. The van der Waals surface area contributed by atoms with Gasteiger partial charge in [0.05, 0.1) is 0 Å². The molecule has 0 aliphatic carbocycles. The van der Waals surface area contributed by atoms with E-state index in [1.165, 1.54) is 6.07 Å². The van der Waals surface area contributed by atoms with Crippen LogP contribution in [-0.2, 0) is 0 Å². The summed E-state index contributed by atoms with van der Waals surface area (Å²) in [7, 11) is 0. The zero-order valence-electron chi connectivity index (χ0n) is 10.2. The molecule has 0 N–H and O–H groups in total. The molecule has 0 amide bonds. The molecule has 4 heteroatoms. The summed E-state index contributed by atoms with van der Waals surface area (Å²) >= 11 is 0. The highest BCUT2D eigenvalue weighted by Gasteiger charge is 2.30. The molecule has 0 unspecified atom stereocenters. The van der Waals surface area contributed by atoms with Crippen LogP contribution in [0, 0.1) is 0 Å². The lowest BCUT2D eigenvalue weighted by Crippen LogP contribution is -2.11. The first-order valence-corrected chi connectivity index (χ1v) is 5.66. The van der Waals surface area contributed by atoms with Crippen LogP contribution in [0.15, 0.2) is 54.1 Å². The van der Waals surface area contributed by atoms with Crippen LogP contribution in [0.3, 0.4) is 0 Å². The van der Waals surface area contributed by atoms with Gasteiger partial charge in [-0.1, -0.05) is 36.4 Å². The molecule has 0 aliphatic rings. The van der Waals surface area contributed by atoms with E-state index >= 15 is 0 Å². The lowest BCUT2D eigenvalue weighted by atomic mass is 10.0. The van der Waals surface area contributed by atoms with E-state index in [-0.39, 0.29) is 5.56 Å². The van der Waals surface area contributed by atoms with Crippen molar-refractivity contribution in [3.05, 3.63) is 59.7 Å². The summed E-state index contributed by atoms with van der Waals surface area (Å²) in [5.74, 6) is -0.638. The maximum absolute atomic E-state index is 12.4. The number of alkyl halides is 3. The second kappa shape index (κ2) is 4.88. The van der Waals surface area contributed by atoms with E-state index in [0.29, 0.717) is 6.08 Å². The summed E-state index contributed by atoms with van der Waals surface area (Å²) in [6.45, 7) is 0.888. The fourth-order valence-corrected chi connectivity index (χ4v) is 1.70. The second-order valence-corrected chi connectivity index (χ2v) is 4.25. The van der Waals surface area contributed by atoms with Crippen molar-refractivity contribution in [1.29, 1.82) is 0 Å². The van der Waals surface area contributed by atoms with Gasteiger partial charge in [0.1, 0.15) is 0 Å². The minimum Gasteiger partial charge on any atom is -0.289 e.